The van der Waals surface area contributed by atoms with Gasteiger partial charge < -0.3 is 10.6 Å². The van der Waals surface area contributed by atoms with Crippen LogP contribution in [0.15, 0.2) is 36.5 Å². The predicted octanol–water partition coefficient (Wildman–Crippen LogP) is 2.92. The molecule has 0 amide bonds. The van der Waals surface area contributed by atoms with Crippen LogP contribution in [0.2, 0.25) is 0 Å². The lowest BCUT2D eigenvalue weighted by Crippen LogP contribution is -2.28. The quantitative estimate of drug-likeness (QED) is 0.763. The SMILES string of the molecule is FC(F)(F)c1cccc(NC(=S)NCc2ccn[nH]2)c1. The Balaban J connectivity index is 1.94. The average molecular weight is 300 g/mol. The summed E-state index contributed by atoms with van der Waals surface area (Å²) in [6, 6.07) is 6.61. The van der Waals surface area contributed by atoms with Gasteiger partial charge in [-0.15, -0.1) is 0 Å². The second-order valence-corrected chi connectivity index (χ2v) is 4.38. The molecule has 0 aliphatic carbocycles. The van der Waals surface area contributed by atoms with E-state index in [1.54, 1.807) is 12.3 Å². The number of H-pyrrole nitrogens is 1. The van der Waals surface area contributed by atoms with Gasteiger partial charge in [-0.3, -0.25) is 5.10 Å². The Morgan fingerprint density at radius 3 is 2.75 bits per heavy atom. The normalized spacial score (nSPS) is 11.2. The van der Waals surface area contributed by atoms with Gasteiger partial charge in [0.15, 0.2) is 5.11 Å². The molecule has 0 saturated heterocycles. The fourth-order valence-corrected chi connectivity index (χ4v) is 1.70. The molecule has 0 atom stereocenters. The second kappa shape index (κ2) is 5.91. The highest BCUT2D eigenvalue weighted by molar-refractivity contribution is 7.80. The summed E-state index contributed by atoms with van der Waals surface area (Å²) < 4.78 is 37.7. The molecule has 0 fully saturated rings. The standard InChI is InChI=1S/C12H11F3N4S/c13-12(14,15)8-2-1-3-9(6-8)18-11(20)16-7-10-4-5-17-19-10/h1-6H,7H2,(H,17,19)(H2,16,18,20). The van der Waals surface area contributed by atoms with Crippen LogP contribution < -0.4 is 10.6 Å². The van der Waals surface area contributed by atoms with Crippen molar-refractivity contribution in [3.05, 3.63) is 47.8 Å². The van der Waals surface area contributed by atoms with E-state index in [1.165, 1.54) is 12.1 Å². The first-order valence-corrected chi connectivity index (χ1v) is 6.06. The molecule has 8 heteroatoms. The number of rotatable bonds is 3. The number of hydrogen-bond donors (Lipinski definition) is 3. The number of nitrogens with zero attached hydrogens (tertiary/aromatic N) is 1. The average Bonchev–Trinajstić information content (AvgIpc) is 2.89. The van der Waals surface area contributed by atoms with Crippen LogP contribution in [0.25, 0.3) is 0 Å². The van der Waals surface area contributed by atoms with Gasteiger partial charge >= 0.3 is 6.18 Å². The Kier molecular flexibility index (Phi) is 4.23. The molecule has 20 heavy (non-hydrogen) atoms. The molecule has 4 nitrogen and oxygen atoms in total. The van der Waals surface area contributed by atoms with Crippen LogP contribution in [0, 0.1) is 0 Å². The zero-order valence-electron chi connectivity index (χ0n) is 10.2. The molecule has 0 bridgehead atoms. The van der Waals surface area contributed by atoms with Crippen LogP contribution in [0.4, 0.5) is 18.9 Å². The van der Waals surface area contributed by atoms with E-state index in [0.29, 0.717) is 6.54 Å². The van der Waals surface area contributed by atoms with Gasteiger partial charge in [-0.1, -0.05) is 6.07 Å². The second-order valence-electron chi connectivity index (χ2n) is 3.97. The summed E-state index contributed by atoms with van der Waals surface area (Å²) in [5.41, 5.74) is 0.374. The molecule has 1 aromatic heterocycles. The van der Waals surface area contributed by atoms with Crippen molar-refractivity contribution in [2.24, 2.45) is 0 Å². The van der Waals surface area contributed by atoms with Crippen molar-refractivity contribution in [3.63, 3.8) is 0 Å². The van der Waals surface area contributed by atoms with Crippen LogP contribution in [0.1, 0.15) is 11.3 Å². The zero-order valence-corrected chi connectivity index (χ0v) is 11.0. The van der Waals surface area contributed by atoms with Crippen LogP contribution in [-0.4, -0.2) is 15.3 Å². The molecule has 2 aromatic rings. The molecule has 106 valence electrons. The number of halogens is 3. The molecule has 1 aromatic carbocycles. The summed E-state index contributed by atoms with van der Waals surface area (Å²) in [4.78, 5) is 0. The number of aromatic amines is 1. The third kappa shape index (κ3) is 3.95. The Morgan fingerprint density at radius 1 is 1.30 bits per heavy atom. The molecular formula is C12H11F3N4S. The third-order valence-corrected chi connectivity index (χ3v) is 2.69. The number of hydrogen-bond acceptors (Lipinski definition) is 2. The van der Waals surface area contributed by atoms with Crippen molar-refractivity contribution in [1.29, 1.82) is 0 Å². The first-order valence-electron chi connectivity index (χ1n) is 5.65. The van der Waals surface area contributed by atoms with Gasteiger partial charge in [0, 0.05) is 11.9 Å². The highest BCUT2D eigenvalue weighted by atomic mass is 32.1. The number of anilines is 1. The molecular weight excluding hydrogens is 289 g/mol. The molecule has 0 radical (unpaired) electrons. The highest BCUT2D eigenvalue weighted by Crippen LogP contribution is 2.30. The minimum Gasteiger partial charge on any atom is -0.357 e. The summed E-state index contributed by atoms with van der Waals surface area (Å²) in [6.07, 6.45) is -2.77. The monoisotopic (exact) mass is 300 g/mol. The summed E-state index contributed by atoms with van der Waals surface area (Å²) in [5, 5.41) is 12.3. The van der Waals surface area contributed by atoms with E-state index in [4.69, 9.17) is 12.2 Å². The maximum absolute atomic E-state index is 12.6. The van der Waals surface area contributed by atoms with Gasteiger partial charge in [-0.2, -0.15) is 18.3 Å². The van der Waals surface area contributed by atoms with E-state index in [0.717, 1.165) is 17.8 Å². The van der Waals surface area contributed by atoms with E-state index >= 15 is 0 Å². The number of benzene rings is 1. The Hall–Kier alpha value is -2.09. The van der Waals surface area contributed by atoms with Crippen LogP contribution >= 0.6 is 12.2 Å². The lowest BCUT2D eigenvalue weighted by molar-refractivity contribution is -0.137. The molecule has 1 heterocycles. The van der Waals surface area contributed by atoms with Gasteiger partial charge in [0.25, 0.3) is 0 Å². The topological polar surface area (TPSA) is 52.7 Å². The molecule has 0 spiro atoms. The Labute approximate surface area is 118 Å². The van der Waals surface area contributed by atoms with Gasteiger partial charge in [-0.25, -0.2) is 0 Å². The first-order chi connectivity index (χ1) is 9.45. The Bertz CT molecular complexity index is 581. The van der Waals surface area contributed by atoms with Gasteiger partial charge in [-0.05, 0) is 36.5 Å². The van der Waals surface area contributed by atoms with Crippen LogP contribution in [0.5, 0.6) is 0 Å². The smallest absolute Gasteiger partial charge is 0.357 e. The van der Waals surface area contributed by atoms with Crippen molar-refractivity contribution in [3.8, 4) is 0 Å². The van der Waals surface area contributed by atoms with E-state index in [-0.39, 0.29) is 10.8 Å². The number of nitrogens with one attached hydrogen (secondary N) is 3. The van der Waals surface area contributed by atoms with E-state index in [9.17, 15) is 13.2 Å². The van der Waals surface area contributed by atoms with Crippen molar-refractivity contribution in [2.75, 3.05) is 5.32 Å². The summed E-state index contributed by atoms with van der Waals surface area (Å²) in [6.45, 7) is 0.408. The number of thiocarbonyl (C=S) groups is 1. The molecule has 0 aliphatic heterocycles. The van der Waals surface area contributed by atoms with Crippen molar-refractivity contribution >= 4 is 23.0 Å². The minimum absolute atomic E-state index is 0.235. The molecule has 0 unspecified atom stereocenters. The summed E-state index contributed by atoms with van der Waals surface area (Å²) >= 11 is 5.01. The number of alkyl halides is 3. The maximum Gasteiger partial charge on any atom is 0.416 e. The molecule has 2 rings (SSSR count). The van der Waals surface area contributed by atoms with Gasteiger partial charge in [0.1, 0.15) is 0 Å². The lowest BCUT2D eigenvalue weighted by atomic mass is 10.2. The fraction of sp³-hybridized carbons (Fsp3) is 0.167. The van der Waals surface area contributed by atoms with Crippen LogP contribution in [-0.2, 0) is 12.7 Å². The fourth-order valence-electron chi connectivity index (χ4n) is 1.51. The van der Waals surface area contributed by atoms with E-state index in [1.807, 2.05) is 0 Å². The zero-order chi connectivity index (χ0) is 14.6. The van der Waals surface area contributed by atoms with E-state index in [2.05, 4.69) is 20.8 Å². The highest BCUT2D eigenvalue weighted by Gasteiger charge is 2.30. The van der Waals surface area contributed by atoms with Crippen molar-refractivity contribution in [2.45, 2.75) is 12.7 Å². The van der Waals surface area contributed by atoms with Crippen molar-refractivity contribution in [1.82, 2.24) is 15.5 Å². The summed E-state index contributed by atoms with van der Waals surface area (Å²) in [5.74, 6) is 0. The van der Waals surface area contributed by atoms with Gasteiger partial charge in [0.2, 0.25) is 0 Å². The lowest BCUT2D eigenvalue weighted by Gasteiger charge is -2.12. The minimum atomic E-state index is -4.37. The van der Waals surface area contributed by atoms with E-state index < -0.39 is 11.7 Å². The predicted molar refractivity (Wildman–Crippen MR) is 73.1 cm³/mol. The summed E-state index contributed by atoms with van der Waals surface area (Å²) in [7, 11) is 0. The molecule has 0 aliphatic rings. The van der Waals surface area contributed by atoms with Crippen LogP contribution in [0.3, 0.4) is 0 Å². The maximum atomic E-state index is 12.6. The van der Waals surface area contributed by atoms with Gasteiger partial charge in [0.05, 0.1) is 17.8 Å². The first kappa shape index (κ1) is 14.3. The largest absolute Gasteiger partial charge is 0.416 e. The number of aromatic nitrogens is 2. The third-order valence-electron chi connectivity index (χ3n) is 2.45. The Morgan fingerprint density at radius 2 is 2.10 bits per heavy atom. The molecule has 0 saturated carbocycles. The van der Waals surface area contributed by atoms with Crippen molar-refractivity contribution < 1.29 is 13.2 Å². The molecule has 3 N–H and O–H groups in total.